The Bertz CT molecular complexity index is 1450. The molecular weight excluding hydrogens is 475 g/mol. The van der Waals surface area contributed by atoms with Crippen molar-refractivity contribution in [2.45, 2.75) is 45.8 Å². The third-order valence-electron chi connectivity index (χ3n) is 8.22. The predicted molar refractivity (Wildman–Crippen MR) is 151 cm³/mol. The number of aromatic nitrogens is 1. The molecule has 196 valence electrons. The van der Waals surface area contributed by atoms with E-state index < -0.39 is 0 Å². The van der Waals surface area contributed by atoms with Crippen molar-refractivity contribution >= 4 is 22.5 Å². The van der Waals surface area contributed by atoms with E-state index in [1.807, 2.05) is 17.0 Å². The molecule has 1 amide bonds. The molecule has 1 aliphatic heterocycles. The lowest BCUT2D eigenvalue weighted by Crippen LogP contribution is -2.49. The number of hydrogen-bond acceptors (Lipinski definition) is 3. The average Bonchev–Trinajstić information content (AvgIpc) is 3.77. The van der Waals surface area contributed by atoms with Crippen molar-refractivity contribution in [2.75, 3.05) is 31.5 Å². The van der Waals surface area contributed by atoms with Crippen LogP contribution in [0.3, 0.4) is 0 Å². The zero-order chi connectivity index (χ0) is 26.2. The minimum atomic E-state index is -0.242. The monoisotopic (exact) mass is 510 g/mol. The molecule has 0 unspecified atom stereocenters. The van der Waals surface area contributed by atoms with Gasteiger partial charge in [-0.3, -0.25) is 9.69 Å². The smallest absolute Gasteiger partial charge is 0.254 e. The fraction of sp³-hybridized carbons (Fsp3) is 0.344. The van der Waals surface area contributed by atoms with Crippen molar-refractivity contribution in [3.05, 3.63) is 100 Å². The molecule has 1 saturated heterocycles. The highest BCUT2D eigenvalue weighted by Gasteiger charge is 2.32. The minimum Gasteiger partial charge on any atom is -0.379 e. The zero-order valence-corrected chi connectivity index (χ0v) is 22.2. The summed E-state index contributed by atoms with van der Waals surface area (Å²) in [6.07, 6.45) is 2.60. The third kappa shape index (κ3) is 4.93. The second-order valence-electron chi connectivity index (χ2n) is 10.7. The molecule has 0 bridgehead atoms. The number of nitrogens with zero attached hydrogens (tertiary/aromatic N) is 3. The molecule has 6 heteroatoms. The number of benzene rings is 3. The Morgan fingerprint density at radius 3 is 2.32 bits per heavy atom. The third-order valence-corrected chi connectivity index (χ3v) is 8.22. The molecule has 2 fully saturated rings. The fourth-order valence-electron chi connectivity index (χ4n) is 5.71. The van der Waals surface area contributed by atoms with Crippen molar-refractivity contribution in [1.82, 2.24) is 14.4 Å². The van der Waals surface area contributed by atoms with E-state index in [1.54, 1.807) is 12.1 Å². The molecule has 0 radical (unpaired) electrons. The van der Waals surface area contributed by atoms with Gasteiger partial charge in [0.15, 0.2) is 0 Å². The Balaban J connectivity index is 1.36. The van der Waals surface area contributed by atoms with Gasteiger partial charge in [0.1, 0.15) is 5.82 Å². The van der Waals surface area contributed by atoms with Crippen LogP contribution in [0.4, 0.5) is 10.1 Å². The first-order valence-electron chi connectivity index (χ1n) is 13.7. The first-order chi connectivity index (χ1) is 18.5. The molecule has 2 heterocycles. The maximum absolute atomic E-state index is 13.7. The Morgan fingerprint density at radius 1 is 0.921 bits per heavy atom. The molecule has 4 aromatic rings. The standard InChI is InChI=1S/C32H35FN4O/c1-22-23(2)37(21-25-6-4-3-5-7-25)31-29(22)18-26(19-30(31)34-20-24-8-10-27(33)11-9-24)32(38)36-16-14-35(15-17-36)28-12-13-28/h3-11,18-19,28,34H,12-17,20-21H2,1-2H3. The van der Waals surface area contributed by atoms with E-state index in [0.717, 1.165) is 66.5 Å². The summed E-state index contributed by atoms with van der Waals surface area (Å²) >= 11 is 0. The first-order valence-corrected chi connectivity index (χ1v) is 13.7. The average molecular weight is 511 g/mol. The summed E-state index contributed by atoms with van der Waals surface area (Å²) in [6, 6.07) is 21.9. The molecule has 3 aromatic carbocycles. The maximum atomic E-state index is 13.7. The summed E-state index contributed by atoms with van der Waals surface area (Å²) in [6.45, 7) is 9.06. The molecule has 38 heavy (non-hydrogen) atoms. The van der Waals surface area contributed by atoms with Gasteiger partial charge in [0.05, 0.1) is 11.2 Å². The van der Waals surface area contributed by atoms with Gasteiger partial charge in [-0.05, 0) is 67.6 Å². The Morgan fingerprint density at radius 2 is 1.63 bits per heavy atom. The van der Waals surface area contributed by atoms with Crippen LogP contribution in [-0.2, 0) is 13.1 Å². The van der Waals surface area contributed by atoms with Crippen LogP contribution in [0.25, 0.3) is 10.9 Å². The number of nitrogens with one attached hydrogen (secondary N) is 1. The van der Waals surface area contributed by atoms with Crippen molar-refractivity contribution in [2.24, 2.45) is 0 Å². The van der Waals surface area contributed by atoms with Gasteiger partial charge >= 0.3 is 0 Å². The van der Waals surface area contributed by atoms with E-state index >= 15 is 0 Å². The molecule has 5 nitrogen and oxygen atoms in total. The van der Waals surface area contributed by atoms with Gasteiger partial charge in [-0.2, -0.15) is 0 Å². The van der Waals surface area contributed by atoms with Crippen LogP contribution in [0.2, 0.25) is 0 Å². The lowest BCUT2D eigenvalue weighted by Gasteiger charge is -2.35. The molecule has 1 N–H and O–H groups in total. The number of hydrogen-bond donors (Lipinski definition) is 1. The van der Waals surface area contributed by atoms with E-state index in [-0.39, 0.29) is 11.7 Å². The highest BCUT2D eigenvalue weighted by molar-refractivity contribution is 6.04. The fourth-order valence-corrected chi connectivity index (χ4v) is 5.71. The quantitative estimate of drug-likeness (QED) is 0.333. The van der Waals surface area contributed by atoms with E-state index in [0.29, 0.717) is 6.54 Å². The molecule has 1 aromatic heterocycles. The SMILES string of the molecule is Cc1c(C)n(Cc2ccccc2)c2c(NCc3ccc(F)cc3)cc(C(=O)N3CCN(C4CC4)CC3)cc12. The molecular formula is C32H35FN4O. The Labute approximate surface area is 223 Å². The second kappa shape index (κ2) is 10.3. The van der Waals surface area contributed by atoms with Crippen molar-refractivity contribution in [1.29, 1.82) is 0 Å². The van der Waals surface area contributed by atoms with E-state index in [4.69, 9.17) is 0 Å². The van der Waals surface area contributed by atoms with Gasteiger partial charge in [-0.15, -0.1) is 0 Å². The molecule has 1 aliphatic carbocycles. The number of fused-ring (bicyclic) bond motifs is 1. The van der Waals surface area contributed by atoms with Crippen LogP contribution in [0.5, 0.6) is 0 Å². The van der Waals surface area contributed by atoms with E-state index in [1.165, 1.54) is 41.8 Å². The van der Waals surface area contributed by atoms with Gasteiger partial charge in [-0.1, -0.05) is 42.5 Å². The van der Waals surface area contributed by atoms with Gasteiger partial charge < -0.3 is 14.8 Å². The Kier molecular flexibility index (Phi) is 6.66. The number of halogens is 1. The summed E-state index contributed by atoms with van der Waals surface area (Å²) in [5.74, 6) is -0.145. The van der Waals surface area contributed by atoms with Crippen LogP contribution in [-0.4, -0.2) is 52.5 Å². The summed E-state index contributed by atoms with van der Waals surface area (Å²) < 4.78 is 15.8. The molecule has 0 spiro atoms. The van der Waals surface area contributed by atoms with Crippen LogP contribution in [0.1, 0.15) is 45.6 Å². The van der Waals surface area contributed by atoms with Crippen molar-refractivity contribution in [3.63, 3.8) is 0 Å². The topological polar surface area (TPSA) is 40.5 Å². The van der Waals surface area contributed by atoms with E-state index in [2.05, 4.69) is 59.0 Å². The number of rotatable bonds is 7. The number of aryl methyl sites for hydroxylation is 1. The van der Waals surface area contributed by atoms with Gasteiger partial charge in [0.25, 0.3) is 5.91 Å². The number of carbonyl (C=O) groups excluding carboxylic acids is 1. The van der Waals surface area contributed by atoms with Crippen LogP contribution < -0.4 is 5.32 Å². The molecule has 0 atom stereocenters. The maximum Gasteiger partial charge on any atom is 0.254 e. The van der Waals surface area contributed by atoms with Crippen molar-refractivity contribution in [3.8, 4) is 0 Å². The van der Waals surface area contributed by atoms with E-state index in [9.17, 15) is 9.18 Å². The Hall–Kier alpha value is -3.64. The number of carbonyl (C=O) groups is 1. The van der Waals surface area contributed by atoms with Crippen molar-refractivity contribution < 1.29 is 9.18 Å². The minimum absolute atomic E-state index is 0.0973. The summed E-state index contributed by atoms with van der Waals surface area (Å²) in [7, 11) is 0. The van der Waals surface area contributed by atoms with Gasteiger partial charge in [-0.25, -0.2) is 4.39 Å². The number of piperazine rings is 1. The molecule has 2 aliphatic rings. The zero-order valence-electron chi connectivity index (χ0n) is 22.2. The highest BCUT2D eigenvalue weighted by Crippen LogP contribution is 2.34. The predicted octanol–water partition coefficient (Wildman–Crippen LogP) is 5.98. The summed E-state index contributed by atoms with van der Waals surface area (Å²) in [5.41, 5.74) is 7.34. The van der Waals surface area contributed by atoms with Crippen LogP contribution in [0, 0.1) is 19.7 Å². The largest absolute Gasteiger partial charge is 0.379 e. The normalized spacial score (nSPS) is 16.2. The summed E-state index contributed by atoms with van der Waals surface area (Å²) in [5, 5.41) is 4.70. The molecule has 6 rings (SSSR count). The lowest BCUT2D eigenvalue weighted by atomic mass is 10.1. The van der Waals surface area contributed by atoms with Crippen LogP contribution >= 0.6 is 0 Å². The summed E-state index contributed by atoms with van der Waals surface area (Å²) in [4.78, 5) is 18.3. The number of amides is 1. The van der Waals surface area contributed by atoms with Gasteiger partial charge in [0.2, 0.25) is 0 Å². The lowest BCUT2D eigenvalue weighted by molar-refractivity contribution is 0.0627. The number of anilines is 1. The highest BCUT2D eigenvalue weighted by atomic mass is 19.1. The second-order valence-corrected chi connectivity index (χ2v) is 10.7. The first kappa shape index (κ1) is 24.7. The van der Waals surface area contributed by atoms with Crippen LogP contribution in [0.15, 0.2) is 66.7 Å². The molecule has 1 saturated carbocycles. The van der Waals surface area contributed by atoms with Gasteiger partial charge in [0, 0.05) is 62.0 Å².